The van der Waals surface area contributed by atoms with Crippen molar-refractivity contribution in [3.8, 4) is 0 Å². The molecule has 1 aromatic carbocycles. The van der Waals surface area contributed by atoms with Crippen LogP contribution in [0.1, 0.15) is 12.0 Å². The summed E-state index contributed by atoms with van der Waals surface area (Å²) in [5, 5.41) is 3.01. The number of aryl methyl sites for hydroxylation is 1. The highest BCUT2D eigenvalue weighted by molar-refractivity contribution is 7.91. The number of nitrogens with one attached hydrogen (secondary N) is 1. The lowest BCUT2D eigenvalue weighted by molar-refractivity contribution is 0.586. The van der Waals surface area contributed by atoms with Gasteiger partial charge in [-0.25, -0.2) is 8.42 Å². The van der Waals surface area contributed by atoms with E-state index in [0.29, 0.717) is 10.6 Å². The summed E-state index contributed by atoms with van der Waals surface area (Å²) in [4.78, 5) is 0.516. The first kappa shape index (κ1) is 9.52. The minimum atomic E-state index is -2.99. The van der Waals surface area contributed by atoms with Gasteiger partial charge in [0.05, 0.1) is 10.6 Å². The quantitative estimate of drug-likeness (QED) is 0.764. The van der Waals surface area contributed by atoms with Crippen LogP contribution in [0, 0.1) is 0 Å². The van der Waals surface area contributed by atoms with Crippen molar-refractivity contribution in [2.75, 3.05) is 18.1 Å². The molecule has 0 spiro atoms. The van der Waals surface area contributed by atoms with Gasteiger partial charge in [0.15, 0.2) is 9.84 Å². The van der Waals surface area contributed by atoms with Crippen molar-refractivity contribution >= 4 is 15.5 Å². The van der Waals surface area contributed by atoms with Gasteiger partial charge in [-0.15, -0.1) is 0 Å². The van der Waals surface area contributed by atoms with Crippen molar-refractivity contribution in [1.82, 2.24) is 0 Å². The zero-order chi connectivity index (χ0) is 10.2. The number of fused-ring (bicyclic) bond motifs is 1. The molecule has 0 saturated carbocycles. The predicted molar refractivity (Wildman–Crippen MR) is 56.4 cm³/mol. The van der Waals surface area contributed by atoms with E-state index in [2.05, 4.69) is 5.32 Å². The second-order valence-corrected chi connectivity index (χ2v) is 5.57. The Kier molecular flexibility index (Phi) is 2.23. The van der Waals surface area contributed by atoms with E-state index >= 15 is 0 Å². The minimum absolute atomic E-state index is 0.291. The smallest absolute Gasteiger partial charge is 0.178 e. The summed E-state index contributed by atoms with van der Waals surface area (Å²) >= 11 is 0. The van der Waals surface area contributed by atoms with Gasteiger partial charge in [0.25, 0.3) is 0 Å². The Labute approximate surface area is 84.1 Å². The first-order valence-electron chi connectivity index (χ1n) is 4.67. The third-order valence-electron chi connectivity index (χ3n) is 2.54. The van der Waals surface area contributed by atoms with Crippen LogP contribution in [0.5, 0.6) is 0 Å². The molecule has 1 heterocycles. The van der Waals surface area contributed by atoms with Crippen LogP contribution in [-0.2, 0) is 16.3 Å². The Hall–Kier alpha value is -1.03. The second kappa shape index (κ2) is 3.28. The highest BCUT2D eigenvalue weighted by Gasteiger charge is 2.22. The maximum atomic E-state index is 11.7. The first-order chi connectivity index (χ1) is 6.63. The fourth-order valence-electron chi connectivity index (χ4n) is 1.80. The molecule has 0 saturated heterocycles. The van der Waals surface area contributed by atoms with Crippen molar-refractivity contribution in [3.05, 3.63) is 23.8 Å². The molecule has 0 bridgehead atoms. The monoisotopic (exact) mass is 211 g/mol. The van der Waals surface area contributed by atoms with E-state index < -0.39 is 9.84 Å². The minimum Gasteiger partial charge on any atom is -0.388 e. The SMILES string of the molecule is CNc1ccc2c(c1)CCCS2(=O)=O. The second-order valence-electron chi connectivity index (χ2n) is 3.49. The third-order valence-corrected chi connectivity index (χ3v) is 4.44. The molecule has 1 N–H and O–H groups in total. The summed E-state index contributed by atoms with van der Waals surface area (Å²) in [6.07, 6.45) is 1.60. The fourth-order valence-corrected chi connectivity index (χ4v) is 3.38. The number of anilines is 1. The van der Waals surface area contributed by atoms with Gasteiger partial charge in [-0.1, -0.05) is 0 Å². The van der Waals surface area contributed by atoms with E-state index in [1.807, 2.05) is 19.2 Å². The highest BCUT2D eigenvalue weighted by atomic mass is 32.2. The van der Waals surface area contributed by atoms with Crippen LogP contribution in [0.3, 0.4) is 0 Å². The van der Waals surface area contributed by atoms with Crippen molar-refractivity contribution in [3.63, 3.8) is 0 Å². The van der Waals surface area contributed by atoms with Crippen LogP contribution in [0.25, 0.3) is 0 Å². The van der Waals surface area contributed by atoms with E-state index in [-0.39, 0.29) is 0 Å². The zero-order valence-corrected chi connectivity index (χ0v) is 8.89. The maximum Gasteiger partial charge on any atom is 0.178 e. The number of rotatable bonds is 1. The zero-order valence-electron chi connectivity index (χ0n) is 8.08. The number of hydrogen-bond donors (Lipinski definition) is 1. The Morgan fingerprint density at radius 1 is 1.36 bits per heavy atom. The highest BCUT2D eigenvalue weighted by Crippen LogP contribution is 2.27. The van der Waals surface area contributed by atoms with Gasteiger partial charge in [-0.2, -0.15) is 0 Å². The summed E-state index contributed by atoms with van der Waals surface area (Å²) in [6.45, 7) is 0. The number of hydrogen-bond acceptors (Lipinski definition) is 3. The van der Waals surface area contributed by atoms with Gasteiger partial charge in [0, 0.05) is 12.7 Å². The molecule has 4 heteroatoms. The van der Waals surface area contributed by atoms with Crippen molar-refractivity contribution in [2.24, 2.45) is 0 Å². The van der Waals surface area contributed by atoms with Gasteiger partial charge in [0.1, 0.15) is 0 Å². The van der Waals surface area contributed by atoms with Gasteiger partial charge in [-0.3, -0.25) is 0 Å². The summed E-state index contributed by atoms with van der Waals surface area (Å²) < 4.78 is 23.3. The number of benzene rings is 1. The summed E-state index contributed by atoms with van der Waals surface area (Å²) in [5.74, 6) is 0.291. The average molecular weight is 211 g/mol. The van der Waals surface area contributed by atoms with Gasteiger partial charge in [-0.05, 0) is 36.6 Å². The van der Waals surface area contributed by atoms with Crippen LogP contribution in [0.15, 0.2) is 23.1 Å². The summed E-state index contributed by atoms with van der Waals surface area (Å²) in [7, 11) is -1.16. The summed E-state index contributed by atoms with van der Waals surface area (Å²) in [5.41, 5.74) is 1.92. The molecular formula is C10H13NO2S. The van der Waals surface area contributed by atoms with Gasteiger partial charge < -0.3 is 5.32 Å². The van der Waals surface area contributed by atoms with Crippen molar-refractivity contribution < 1.29 is 8.42 Å². The molecule has 0 unspecified atom stereocenters. The normalized spacial score (nSPS) is 18.6. The van der Waals surface area contributed by atoms with Gasteiger partial charge >= 0.3 is 0 Å². The molecule has 0 aliphatic carbocycles. The Bertz CT molecular complexity index is 451. The van der Waals surface area contributed by atoms with Crippen molar-refractivity contribution in [2.45, 2.75) is 17.7 Å². The molecule has 76 valence electrons. The Morgan fingerprint density at radius 2 is 2.14 bits per heavy atom. The fraction of sp³-hybridized carbons (Fsp3) is 0.400. The maximum absolute atomic E-state index is 11.7. The predicted octanol–water partition coefficient (Wildman–Crippen LogP) is 1.45. The molecule has 0 radical (unpaired) electrons. The van der Waals surface area contributed by atoms with E-state index in [1.54, 1.807) is 6.07 Å². The molecule has 1 aliphatic rings. The first-order valence-corrected chi connectivity index (χ1v) is 6.32. The molecular weight excluding hydrogens is 198 g/mol. The molecule has 0 amide bonds. The molecule has 2 rings (SSSR count). The topological polar surface area (TPSA) is 46.2 Å². The largest absolute Gasteiger partial charge is 0.388 e. The van der Waals surface area contributed by atoms with Crippen LogP contribution >= 0.6 is 0 Å². The molecule has 1 aliphatic heterocycles. The van der Waals surface area contributed by atoms with Gasteiger partial charge in [0.2, 0.25) is 0 Å². The van der Waals surface area contributed by atoms with E-state index in [0.717, 1.165) is 24.1 Å². The van der Waals surface area contributed by atoms with E-state index in [9.17, 15) is 8.42 Å². The lowest BCUT2D eigenvalue weighted by Gasteiger charge is -2.16. The molecule has 0 fully saturated rings. The average Bonchev–Trinajstić information content (AvgIpc) is 2.16. The third kappa shape index (κ3) is 1.50. The van der Waals surface area contributed by atoms with Crippen LogP contribution in [0.4, 0.5) is 5.69 Å². The van der Waals surface area contributed by atoms with E-state index in [1.165, 1.54) is 0 Å². The lowest BCUT2D eigenvalue weighted by Crippen LogP contribution is -2.16. The van der Waals surface area contributed by atoms with E-state index in [4.69, 9.17) is 0 Å². The molecule has 0 aromatic heterocycles. The summed E-state index contributed by atoms with van der Waals surface area (Å²) in [6, 6.07) is 5.43. The van der Waals surface area contributed by atoms with Crippen LogP contribution < -0.4 is 5.32 Å². The van der Waals surface area contributed by atoms with Crippen LogP contribution in [-0.4, -0.2) is 21.2 Å². The molecule has 1 aromatic rings. The Morgan fingerprint density at radius 3 is 2.86 bits per heavy atom. The number of sulfone groups is 1. The lowest BCUT2D eigenvalue weighted by atomic mass is 10.1. The molecule has 0 atom stereocenters. The van der Waals surface area contributed by atoms with Crippen LogP contribution in [0.2, 0.25) is 0 Å². The molecule has 3 nitrogen and oxygen atoms in total. The standard InChI is InChI=1S/C10H13NO2S/c1-11-9-4-5-10-8(7-9)3-2-6-14(10,12)13/h4-5,7,11H,2-3,6H2,1H3. The van der Waals surface area contributed by atoms with Crippen molar-refractivity contribution in [1.29, 1.82) is 0 Å². The molecule has 14 heavy (non-hydrogen) atoms. The Balaban J connectivity index is 2.58.